The average Bonchev–Trinajstić information content (AvgIpc) is 2.82. The van der Waals surface area contributed by atoms with Crippen LogP contribution in [0.2, 0.25) is 0 Å². The first kappa shape index (κ1) is 25.7. The standard InChI is InChI=1S/C28H48N2O2/c1-27(28(31,18-10-11-20-32-3)25-15-8-5-9-16-25)17-12-19-30(23-27)26(22-29-2)21-24-13-6-4-7-14-24/h5,8-9,15-16,24,26,29,31H,4,6-7,10-14,17-23H2,1-3H3. The van der Waals surface area contributed by atoms with Crippen molar-refractivity contribution in [2.75, 3.05) is 40.4 Å². The molecule has 32 heavy (non-hydrogen) atoms. The second kappa shape index (κ2) is 12.5. The van der Waals surface area contributed by atoms with Gasteiger partial charge in [0, 0.05) is 38.3 Å². The Kier molecular flexibility index (Phi) is 10.0. The predicted molar refractivity (Wildman–Crippen MR) is 134 cm³/mol. The number of aliphatic hydroxyl groups is 1. The Labute approximate surface area is 197 Å². The topological polar surface area (TPSA) is 44.7 Å². The molecule has 0 bridgehead atoms. The maximum absolute atomic E-state index is 12.3. The third kappa shape index (κ3) is 6.34. The number of rotatable bonds is 12. The highest BCUT2D eigenvalue weighted by molar-refractivity contribution is 5.26. The summed E-state index contributed by atoms with van der Waals surface area (Å²) in [6, 6.07) is 11.0. The van der Waals surface area contributed by atoms with Crippen molar-refractivity contribution in [1.29, 1.82) is 0 Å². The molecule has 3 atom stereocenters. The van der Waals surface area contributed by atoms with Gasteiger partial charge in [-0.05, 0) is 63.6 Å². The van der Waals surface area contributed by atoms with Gasteiger partial charge in [0.2, 0.25) is 0 Å². The third-order valence-electron chi connectivity index (χ3n) is 8.40. The molecule has 4 nitrogen and oxygen atoms in total. The summed E-state index contributed by atoms with van der Waals surface area (Å²) in [6.45, 7) is 6.29. The largest absolute Gasteiger partial charge is 0.385 e. The van der Waals surface area contributed by atoms with Crippen LogP contribution in [0.4, 0.5) is 0 Å². The zero-order valence-corrected chi connectivity index (χ0v) is 21.0. The minimum Gasteiger partial charge on any atom is -0.385 e. The Morgan fingerprint density at radius 2 is 1.91 bits per heavy atom. The predicted octanol–water partition coefficient (Wildman–Crippen LogP) is 5.35. The van der Waals surface area contributed by atoms with E-state index in [9.17, 15) is 5.11 Å². The van der Waals surface area contributed by atoms with Gasteiger partial charge in [-0.25, -0.2) is 0 Å². The van der Waals surface area contributed by atoms with E-state index in [1.165, 1.54) is 38.5 Å². The van der Waals surface area contributed by atoms with Gasteiger partial charge in [-0.3, -0.25) is 4.90 Å². The van der Waals surface area contributed by atoms with Crippen molar-refractivity contribution in [2.24, 2.45) is 11.3 Å². The van der Waals surface area contributed by atoms with Crippen LogP contribution in [0.3, 0.4) is 0 Å². The number of likely N-dealkylation sites (N-methyl/N-ethyl adjacent to an activating group) is 1. The van der Waals surface area contributed by atoms with Crippen LogP contribution in [0.1, 0.15) is 83.1 Å². The van der Waals surface area contributed by atoms with E-state index in [2.05, 4.69) is 54.5 Å². The molecule has 4 heteroatoms. The molecule has 182 valence electrons. The first-order chi connectivity index (χ1) is 15.5. The Balaban J connectivity index is 1.78. The van der Waals surface area contributed by atoms with Crippen molar-refractivity contribution in [3.8, 4) is 0 Å². The quantitative estimate of drug-likeness (QED) is 0.427. The van der Waals surface area contributed by atoms with E-state index in [-0.39, 0.29) is 5.41 Å². The lowest BCUT2D eigenvalue weighted by atomic mass is 9.63. The summed E-state index contributed by atoms with van der Waals surface area (Å²) < 4.78 is 5.28. The number of hydrogen-bond acceptors (Lipinski definition) is 4. The van der Waals surface area contributed by atoms with Crippen LogP contribution in [0.25, 0.3) is 0 Å². The number of hydrogen-bond donors (Lipinski definition) is 2. The monoisotopic (exact) mass is 444 g/mol. The van der Waals surface area contributed by atoms with Crippen LogP contribution in [0, 0.1) is 11.3 Å². The minimum absolute atomic E-state index is 0.155. The molecule has 3 unspecified atom stereocenters. The average molecular weight is 445 g/mol. The third-order valence-corrected chi connectivity index (χ3v) is 8.40. The molecule has 0 amide bonds. The van der Waals surface area contributed by atoms with Crippen LogP contribution in [0.15, 0.2) is 30.3 Å². The maximum atomic E-state index is 12.3. The molecule has 1 aromatic carbocycles. The van der Waals surface area contributed by atoms with Crippen molar-refractivity contribution in [3.63, 3.8) is 0 Å². The fraction of sp³-hybridized carbons (Fsp3) is 0.786. The Hall–Kier alpha value is -0.940. The molecule has 2 N–H and O–H groups in total. The minimum atomic E-state index is -0.810. The molecular formula is C28H48N2O2. The van der Waals surface area contributed by atoms with E-state index in [1.54, 1.807) is 7.11 Å². The normalized spacial score (nSPS) is 26.0. The first-order valence-corrected chi connectivity index (χ1v) is 13.2. The van der Waals surface area contributed by atoms with Crippen LogP contribution >= 0.6 is 0 Å². The van der Waals surface area contributed by atoms with E-state index in [0.717, 1.165) is 69.8 Å². The number of methoxy groups -OCH3 is 1. The Morgan fingerprint density at radius 3 is 2.59 bits per heavy atom. The molecule has 0 spiro atoms. The molecule has 3 rings (SSSR count). The van der Waals surface area contributed by atoms with Crippen LogP contribution in [-0.2, 0) is 10.3 Å². The van der Waals surface area contributed by atoms with Gasteiger partial charge < -0.3 is 15.2 Å². The fourth-order valence-electron chi connectivity index (χ4n) is 6.47. The van der Waals surface area contributed by atoms with Gasteiger partial charge in [0.05, 0.1) is 5.60 Å². The number of nitrogens with zero attached hydrogens (tertiary/aromatic N) is 1. The smallest absolute Gasteiger partial charge is 0.0962 e. The molecule has 1 aromatic rings. The summed E-state index contributed by atoms with van der Waals surface area (Å²) in [5.41, 5.74) is 0.118. The molecule has 1 aliphatic carbocycles. The Morgan fingerprint density at radius 1 is 1.16 bits per heavy atom. The molecule has 0 radical (unpaired) electrons. The van der Waals surface area contributed by atoms with Gasteiger partial charge in [-0.1, -0.05) is 69.4 Å². The zero-order valence-electron chi connectivity index (χ0n) is 21.0. The van der Waals surface area contributed by atoms with Crippen LogP contribution in [-0.4, -0.2) is 56.4 Å². The summed E-state index contributed by atoms with van der Waals surface area (Å²) in [7, 11) is 3.85. The maximum Gasteiger partial charge on any atom is 0.0962 e. The van der Waals surface area contributed by atoms with Gasteiger partial charge in [0.25, 0.3) is 0 Å². The summed E-state index contributed by atoms with van der Waals surface area (Å²) >= 11 is 0. The van der Waals surface area contributed by atoms with E-state index in [4.69, 9.17) is 4.74 Å². The molecule has 1 heterocycles. The number of ether oxygens (including phenoxy) is 1. The Bertz CT molecular complexity index is 648. The summed E-state index contributed by atoms with van der Waals surface area (Å²) in [6.07, 6.45) is 13.3. The lowest BCUT2D eigenvalue weighted by Crippen LogP contribution is -2.57. The highest BCUT2D eigenvalue weighted by Gasteiger charge is 2.50. The summed E-state index contributed by atoms with van der Waals surface area (Å²) in [4.78, 5) is 2.72. The number of benzene rings is 1. The second-order valence-electron chi connectivity index (χ2n) is 10.8. The second-order valence-corrected chi connectivity index (χ2v) is 10.8. The van der Waals surface area contributed by atoms with Crippen molar-refractivity contribution in [3.05, 3.63) is 35.9 Å². The van der Waals surface area contributed by atoms with Crippen LogP contribution < -0.4 is 5.32 Å². The van der Waals surface area contributed by atoms with Gasteiger partial charge in [-0.15, -0.1) is 0 Å². The lowest BCUT2D eigenvalue weighted by Gasteiger charge is -2.53. The fourth-order valence-corrected chi connectivity index (χ4v) is 6.47. The van der Waals surface area contributed by atoms with Crippen molar-refractivity contribution >= 4 is 0 Å². The van der Waals surface area contributed by atoms with Crippen molar-refractivity contribution in [2.45, 2.75) is 89.2 Å². The van der Waals surface area contributed by atoms with Crippen LogP contribution in [0.5, 0.6) is 0 Å². The highest BCUT2D eigenvalue weighted by atomic mass is 16.5. The SMILES string of the molecule is CNCC(CC1CCCCC1)N1CCCC(C)(C(O)(CCCCOC)c2ccccc2)C1. The van der Waals surface area contributed by atoms with Gasteiger partial charge in [0.15, 0.2) is 0 Å². The first-order valence-electron chi connectivity index (χ1n) is 13.2. The van der Waals surface area contributed by atoms with E-state index in [1.807, 2.05) is 0 Å². The van der Waals surface area contributed by atoms with E-state index in [0.29, 0.717) is 6.04 Å². The van der Waals surface area contributed by atoms with E-state index < -0.39 is 5.60 Å². The molecular weight excluding hydrogens is 396 g/mol. The number of likely N-dealkylation sites (tertiary alicyclic amines) is 1. The zero-order chi connectivity index (χ0) is 22.9. The number of unbranched alkanes of at least 4 members (excludes halogenated alkanes) is 1. The lowest BCUT2D eigenvalue weighted by molar-refractivity contribution is -0.128. The summed E-state index contributed by atoms with van der Waals surface area (Å²) in [5, 5.41) is 15.8. The number of nitrogens with one attached hydrogen (secondary N) is 1. The van der Waals surface area contributed by atoms with Gasteiger partial charge in [0.1, 0.15) is 0 Å². The molecule has 1 aliphatic heterocycles. The molecule has 1 saturated carbocycles. The molecule has 0 aromatic heterocycles. The van der Waals surface area contributed by atoms with Crippen molar-refractivity contribution in [1.82, 2.24) is 10.2 Å². The van der Waals surface area contributed by atoms with Crippen molar-refractivity contribution < 1.29 is 9.84 Å². The van der Waals surface area contributed by atoms with E-state index >= 15 is 0 Å². The molecule has 2 fully saturated rings. The highest BCUT2D eigenvalue weighted by Crippen LogP contribution is 2.49. The summed E-state index contributed by atoms with van der Waals surface area (Å²) in [5.74, 6) is 0.873. The molecule has 2 aliphatic rings. The molecule has 1 saturated heterocycles. The number of piperidine rings is 1. The van der Waals surface area contributed by atoms with Gasteiger partial charge in [-0.2, -0.15) is 0 Å². The van der Waals surface area contributed by atoms with Gasteiger partial charge >= 0.3 is 0 Å².